The Hall–Kier alpha value is -0.910. The van der Waals surface area contributed by atoms with Crippen molar-refractivity contribution in [2.24, 2.45) is 0 Å². The minimum absolute atomic E-state index is 0.120. The van der Waals surface area contributed by atoms with Gasteiger partial charge in [0.1, 0.15) is 5.82 Å². The summed E-state index contributed by atoms with van der Waals surface area (Å²) in [6.45, 7) is 4.92. The Morgan fingerprint density at radius 2 is 2.25 bits per heavy atom. The maximum Gasteiger partial charge on any atom is 0.178 e. The summed E-state index contributed by atoms with van der Waals surface area (Å²) in [6, 6.07) is 3.78. The molecule has 1 aromatic heterocycles. The van der Waals surface area contributed by atoms with Crippen molar-refractivity contribution in [1.82, 2.24) is 14.5 Å². The predicted octanol–water partition coefficient (Wildman–Crippen LogP) is 3.98. The summed E-state index contributed by atoms with van der Waals surface area (Å²) < 4.78 is 16.2. The van der Waals surface area contributed by atoms with E-state index >= 15 is 0 Å². The molecule has 0 bridgehead atoms. The number of aromatic amines is 1. The highest BCUT2D eigenvalue weighted by Gasteiger charge is 2.27. The fraction of sp³-hybridized carbons (Fsp3) is 0.500. The molecule has 3 rings (SSSR count). The summed E-state index contributed by atoms with van der Waals surface area (Å²) in [7, 11) is 0. The van der Waals surface area contributed by atoms with E-state index in [-0.39, 0.29) is 5.02 Å². The molecule has 1 aliphatic carbocycles. The summed E-state index contributed by atoms with van der Waals surface area (Å²) in [6.07, 6.45) is 2.58. The Morgan fingerprint density at radius 1 is 1.50 bits per heavy atom. The SMILES string of the molecule is CCN(CCn1c(=S)[nH]c2cc(Cl)c(F)cc21)C1CC1. The van der Waals surface area contributed by atoms with Crippen LogP contribution < -0.4 is 0 Å². The van der Waals surface area contributed by atoms with Crippen LogP contribution in [0.15, 0.2) is 12.1 Å². The van der Waals surface area contributed by atoms with Gasteiger partial charge in [-0.2, -0.15) is 0 Å². The number of fused-ring (bicyclic) bond motifs is 1. The molecular formula is C14H17ClFN3S. The van der Waals surface area contributed by atoms with E-state index in [1.807, 2.05) is 4.57 Å². The molecular weight excluding hydrogens is 297 g/mol. The average Bonchev–Trinajstić information content (AvgIpc) is 3.19. The number of H-pyrrole nitrogens is 1. The molecule has 20 heavy (non-hydrogen) atoms. The van der Waals surface area contributed by atoms with E-state index in [0.29, 0.717) is 4.77 Å². The molecule has 0 radical (unpaired) electrons. The number of aromatic nitrogens is 2. The third-order valence-corrected chi connectivity index (χ3v) is 4.51. The van der Waals surface area contributed by atoms with Crippen LogP contribution in [0.3, 0.4) is 0 Å². The van der Waals surface area contributed by atoms with E-state index in [1.54, 1.807) is 6.07 Å². The van der Waals surface area contributed by atoms with Crippen molar-refractivity contribution in [2.45, 2.75) is 32.4 Å². The zero-order chi connectivity index (χ0) is 14.3. The summed E-state index contributed by atoms with van der Waals surface area (Å²) >= 11 is 11.1. The van der Waals surface area contributed by atoms with E-state index in [9.17, 15) is 4.39 Å². The Morgan fingerprint density at radius 3 is 2.90 bits per heavy atom. The standard InChI is InChI=1S/C14H17ClFN3S/c1-2-18(9-3-4-9)5-6-19-13-8-11(16)10(15)7-12(13)17-14(19)20/h7-9H,2-6H2,1H3,(H,17,20). The third kappa shape index (κ3) is 2.62. The second-order valence-electron chi connectivity index (χ2n) is 5.23. The van der Waals surface area contributed by atoms with Crippen molar-refractivity contribution in [3.63, 3.8) is 0 Å². The topological polar surface area (TPSA) is 24.0 Å². The number of benzene rings is 1. The molecule has 0 saturated heterocycles. The molecule has 2 aromatic rings. The first-order valence-electron chi connectivity index (χ1n) is 6.91. The molecule has 1 heterocycles. The van der Waals surface area contributed by atoms with Crippen LogP contribution in [0.5, 0.6) is 0 Å². The van der Waals surface area contributed by atoms with Crippen molar-refractivity contribution in [1.29, 1.82) is 0 Å². The fourth-order valence-corrected chi connectivity index (χ4v) is 3.10. The minimum Gasteiger partial charge on any atom is -0.331 e. The zero-order valence-electron chi connectivity index (χ0n) is 11.3. The lowest BCUT2D eigenvalue weighted by Crippen LogP contribution is -2.29. The second kappa shape index (κ2) is 5.47. The predicted molar refractivity (Wildman–Crippen MR) is 82.4 cm³/mol. The molecule has 0 atom stereocenters. The first kappa shape index (κ1) is 14.0. The Bertz CT molecular complexity index is 690. The number of nitrogens with zero attached hydrogens (tertiary/aromatic N) is 2. The van der Waals surface area contributed by atoms with E-state index in [0.717, 1.165) is 36.7 Å². The largest absolute Gasteiger partial charge is 0.331 e. The van der Waals surface area contributed by atoms with Crippen LogP contribution >= 0.6 is 23.8 Å². The zero-order valence-corrected chi connectivity index (χ0v) is 12.9. The molecule has 1 aliphatic rings. The number of hydrogen-bond acceptors (Lipinski definition) is 2. The normalized spacial score (nSPS) is 15.4. The summed E-state index contributed by atoms with van der Waals surface area (Å²) in [4.78, 5) is 5.54. The Labute approximate surface area is 127 Å². The lowest BCUT2D eigenvalue weighted by Gasteiger charge is -2.20. The van der Waals surface area contributed by atoms with Gasteiger partial charge in [0.15, 0.2) is 4.77 Å². The Balaban J connectivity index is 1.88. The lowest BCUT2D eigenvalue weighted by atomic mass is 10.3. The highest BCUT2D eigenvalue weighted by molar-refractivity contribution is 7.71. The van der Waals surface area contributed by atoms with Crippen molar-refractivity contribution < 1.29 is 4.39 Å². The van der Waals surface area contributed by atoms with E-state index in [1.165, 1.54) is 18.9 Å². The first-order valence-corrected chi connectivity index (χ1v) is 7.70. The molecule has 0 unspecified atom stereocenters. The molecule has 1 saturated carbocycles. The molecule has 0 amide bonds. The molecule has 0 aliphatic heterocycles. The van der Waals surface area contributed by atoms with Crippen LogP contribution in [0.4, 0.5) is 4.39 Å². The summed E-state index contributed by atoms with van der Waals surface area (Å²) in [5.74, 6) is -0.406. The fourth-order valence-electron chi connectivity index (χ4n) is 2.64. The highest BCUT2D eigenvalue weighted by atomic mass is 35.5. The maximum atomic E-state index is 13.6. The molecule has 1 aromatic carbocycles. The van der Waals surface area contributed by atoms with Crippen molar-refractivity contribution >= 4 is 34.9 Å². The van der Waals surface area contributed by atoms with Crippen LogP contribution in [0.25, 0.3) is 11.0 Å². The second-order valence-corrected chi connectivity index (χ2v) is 6.02. The number of imidazole rings is 1. The van der Waals surface area contributed by atoms with Gasteiger partial charge in [0.25, 0.3) is 0 Å². The van der Waals surface area contributed by atoms with Gasteiger partial charge in [-0.05, 0) is 37.7 Å². The van der Waals surface area contributed by atoms with Crippen LogP contribution in [0.1, 0.15) is 19.8 Å². The van der Waals surface area contributed by atoms with Gasteiger partial charge in [-0.15, -0.1) is 0 Å². The van der Waals surface area contributed by atoms with Gasteiger partial charge in [0, 0.05) is 25.2 Å². The highest BCUT2D eigenvalue weighted by Crippen LogP contribution is 2.27. The molecule has 6 heteroatoms. The van der Waals surface area contributed by atoms with Crippen LogP contribution in [-0.4, -0.2) is 33.6 Å². The third-order valence-electron chi connectivity index (χ3n) is 3.90. The smallest absolute Gasteiger partial charge is 0.178 e. The van der Waals surface area contributed by atoms with Gasteiger partial charge < -0.3 is 9.55 Å². The average molecular weight is 314 g/mol. The van der Waals surface area contributed by atoms with Gasteiger partial charge in [0.2, 0.25) is 0 Å². The van der Waals surface area contributed by atoms with Crippen LogP contribution in [0.2, 0.25) is 5.02 Å². The molecule has 1 fully saturated rings. The van der Waals surface area contributed by atoms with E-state index in [4.69, 9.17) is 23.8 Å². The van der Waals surface area contributed by atoms with Crippen molar-refractivity contribution in [2.75, 3.05) is 13.1 Å². The van der Waals surface area contributed by atoms with Gasteiger partial charge in [0.05, 0.1) is 16.1 Å². The monoisotopic (exact) mass is 313 g/mol. The van der Waals surface area contributed by atoms with Gasteiger partial charge in [-0.25, -0.2) is 4.39 Å². The maximum absolute atomic E-state index is 13.6. The number of rotatable bonds is 5. The van der Waals surface area contributed by atoms with Crippen LogP contribution in [0, 0.1) is 10.6 Å². The summed E-state index contributed by atoms with van der Waals surface area (Å²) in [5.41, 5.74) is 1.57. The van der Waals surface area contributed by atoms with E-state index < -0.39 is 5.82 Å². The number of likely N-dealkylation sites (N-methyl/N-ethyl adjacent to an activating group) is 1. The number of nitrogens with one attached hydrogen (secondary N) is 1. The van der Waals surface area contributed by atoms with Gasteiger partial charge >= 0.3 is 0 Å². The van der Waals surface area contributed by atoms with Gasteiger partial charge in [-0.3, -0.25) is 4.90 Å². The van der Waals surface area contributed by atoms with Gasteiger partial charge in [-0.1, -0.05) is 18.5 Å². The summed E-state index contributed by atoms with van der Waals surface area (Å²) in [5, 5.41) is 0.120. The van der Waals surface area contributed by atoms with Crippen molar-refractivity contribution in [3.8, 4) is 0 Å². The quantitative estimate of drug-likeness (QED) is 0.844. The number of halogens is 2. The molecule has 0 spiro atoms. The molecule has 1 N–H and O–H groups in total. The minimum atomic E-state index is -0.406. The molecule has 3 nitrogen and oxygen atoms in total. The number of hydrogen-bond donors (Lipinski definition) is 1. The van der Waals surface area contributed by atoms with E-state index in [2.05, 4.69) is 16.8 Å². The first-order chi connectivity index (χ1) is 9.60. The Kier molecular flexibility index (Phi) is 3.84. The van der Waals surface area contributed by atoms with Crippen molar-refractivity contribution in [3.05, 3.63) is 27.7 Å². The molecule has 108 valence electrons. The van der Waals surface area contributed by atoms with Crippen LogP contribution in [-0.2, 0) is 6.54 Å². The lowest BCUT2D eigenvalue weighted by molar-refractivity contribution is 0.267.